The van der Waals surface area contributed by atoms with Gasteiger partial charge in [-0.05, 0) is 43.9 Å². The summed E-state index contributed by atoms with van der Waals surface area (Å²) in [6, 6.07) is 6.53. The average molecular weight is 247 g/mol. The molecule has 3 nitrogen and oxygen atoms in total. The van der Waals surface area contributed by atoms with Crippen molar-refractivity contribution >= 4 is 0 Å². The summed E-state index contributed by atoms with van der Waals surface area (Å²) in [6.45, 7) is 6.93. The van der Waals surface area contributed by atoms with E-state index < -0.39 is 0 Å². The summed E-state index contributed by atoms with van der Waals surface area (Å²) in [6.07, 6.45) is 2.35. The Kier molecular flexibility index (Phi) is 3.04. The van der Waals surface area contributed by atoms with Gasteiger partial charge in [-0.1, -0.05) is 12.1 Å². The fourth-order valence-electron chi connectivity index (χ4n) is 2.64. The predicted octanol–water partition coefficient (Wildman–Crippen LogP) is 2.45. The van der Waals surface area contributed by atoms with Crippen molar-refractivity contribution in [2.45, 2.75) is 38.4 Å². The molecule has 1 fully saturated rings. The van der Waals surface area contributed by atoms with Gasteiger partial charge in [-0.25, -0.2) is 0 Å². The van der Waals surface area contributed by atoms with Gasteiger partial charge in [0.1, 0.15) is 11.4 Å². The van der Waals surface area contributed by atoms with Crippen LogP contribution >= 0.6 is 0 Å². The number of hydrogen-bond acceptors (Lipinski definition) is 3. The first-order chi connectivity index (χ1) is 8.64. The molecule has 1 atom stereocenters. The molecule has 3 rings (SSSR count). The molecule has 0 saturated carbocycles. The summed E-state index contributed by atoms with van der Waals surface area (Å²) in [5.74, 6) is 1.04. The van der Waals surface area contributed by atoms with E-state index in [1.54, 1.807) is 0 Å². The summed E-state index contributed by atoms with van der Waals surface area (Å²) in [5.41, 5.74) is 2.50. The van der Waals surface area contributed by atoms with Gasteiger partial charge in [0, 0.05) is 13.1 Å². The summed E-state index contributed by atoms with van der Waals surface area (Å²) in [7, 11) is 0. The smallest absolute Gasteiger partial charge is 0.123 e. The largest absolute Gasteiger partial charge is 0.488 e. The van der Waals surface area contributed by atoms with Crippen molar-refractivity contribution in [1.29, 1.82) is 0 Å². The molecule has 18 heavy (non-hydrogen) atoms. The van der Waals surface area contributed by atoms with Gasteiger partial charge in [0.2, 0.25) is 0 Å². The quantitative estimate of drug-likeness (QED) is 0.827. The van der Waals surface area contributed by atoms with Crippen molar-refractivity contribution in [3.63, 3.8) is 0 Å². The molecular weight excluding hydrogens is 226 g/mol. The lowest BCUT2D eigenvalue weighted by Gasteiger charge is -2.33. The predicted molar refractivity (Wildman–Crippen MR) is 71.0 cm³/mol. The standard InChI is InChI=1S/C15H21NO2/c1-15(2)6-5-11-3-4-12(9-13(11)18-15)14-10-16-7-8-17-14/h3-4,9,14,16H,5-8,10H2,1-2H3. The fourth-order valence-corrected chi connectivity index (χ4v) is 2.64. The maximum absolute atomic E-state index is 6.07. The van der Waals surface area contributed by atoms with Gasteiger partial charge in [0.25, 0.3) is 0 Å². The van der Waals surface area contributed by atoms with Gasteiger partial charge in [-0.2, -0.15) is 0 Å². The molecule has 2 aliphatic rings. The Morgan fingerprint density at radius 1 is 1.33 bits per heavy atom. The van der Waals surface area contributed by atoms with Crippen LogP contribution in [0.5, 0.6) is 5.75 Å². The summed E-state index contributed by atoms with van der Waals surface area (Å²) in [4.78, 5) is 0. The third-order valence-electron chi connectivity index (χ3n) is 3.77. The molecule has 1 N–H and O–H groups in total. The van der Waals surface area contributed by atoms with Crippen molar-refractivity contribution in [2.75, 3.05) is 19.7 Å². The number of nitrogens with one attached hydrogen (secondary N) is 1. The Balaban J connectivity index is 1.85. The molecule has 0 aromatic heterocycles. The van der Waals surface area contributed by atoms with Crippen molar-refractivity contribution in [1.82, 2.24) is 5.32 Å². The van der Waals surface area contributed by atoms with E-state index in [2.05, 4.69) is 37.4 Å². The van der Waals surface area contributed by atoms with Crippen molar-refractivity contribution in [2.24, 2.45) is 0 Å². The van der Waals surface area contributed by atoms with E-state index in [0.717, 1.165) is 38.3 Å². The minimum Gasteiger partial charge on any atom is -0.488 e. The number of aryl methyl sites for hydroxylation is 1. The number of ether oxygens (including phenoxy) is 2. The Morgan fingerprint density at radius 3 is 3.00 bits per heavy atom. The first kappa shape index (κ1) is 12.0. The second-order valence-electron chi connectivity index (χ2n) is 5.79. The van der Waals surface area contributed by atoms with E-state index in [-0.39, 0.29) is 11.7 Å². The van der Waals surface area contributed by atoms with E-state index in [1.807, 2.05) is 0 Å². The zero-order valence-corrected chi connectivity index (χ0v) is 11.2. The van der Waals surface area contributed by atoms with E-state index in [4.69, 9.17) is 9.47 Å². The molecule has 1 saturated heterocycles. The fraction of sp³-hybridized carbons (Fsp3) is 0.600. The maximum Gasteiger partial charge on any atom is 0.123 e. The first-order valence-corrected chi connectivity index (χ1v) is 6.78. The van der Waals surface area contributed by atoms with Gasteiger partial charge >= 0.3 is 0 Å². The van der Waals surface area contributed by atoms with Crippen LogP contribution in [-0.4, -0.2) is 25.3 Å². The number of hydrogen-bond donors (Lipinski definition) is 1. The molecule has 0 aliphatic carbocycles. The molecule has 0 bridgehead atoms. The summed E-state index contributed by atoms with van der Waals surface area (Å²) < 4.78 is 11.9. The molecule has 1 aromatic rings. The number of fused-ring (bicyclic) bond motifs is 1. The lowest BCUT2D eigenvalue weighted by molar-refractivity contribution is 0.0269. The van der Waals surface area contributed by atoms with Crippen LogP contribution in [0.15, 0.2) is 18.2 Å². The maximum atomic E-state index is 6.07. The van der Waals surface area contributed by atoms with Crippen LogP contribution in [0.3, 0.4) is 0 Å². The van der Waals surface area contributed by atoms with Gasteiger partial charge < -0.3 is 14.8 Å². The van der Waals surface area contributed by atoms with Gasteiger partial charge in [-0.15, -0.1) is 0 Å². The van der Waals surface area contributed by atoms with Crippen molar-refractivity contribution < 1.29 is 9.47 Å². The van der Waals surface area contributed by atoms with Crippen LogP contribution in [0.4, 0.5) is 0 Å². The van der Waals surface area contributed by atoms with E-state index in [1.165, 1.54) is 11.1 Å². The summed E-state index contributed by atoms with van der Waals surface area (Å²) >= 11 is 0. The molecule has 2 aliphatic heterocycles. The van der Waals surface area contributed by atoms with Crippen LogP contribution in [0.2, 0.25) is 0 Å². The minimum absolute atomic E-state index is 0.0443. The van der Waals surface area contributed by atoms with Gasteiger partial charge in [-0.3, -0.25) is 0 Å². The van der Waals surface area contributed by atoms with E-state index in [0.29, 0.717) is 0 Å². The lowest BCUT2D eigenvalue weighted by atomic mass is 9.93. The third kappa shape index (κ3) is 2.38. The molecule has 2 heterocycles. The highest BCUT2D eigenvalue weighted by Gasteiger charge is 2.27. The second-order valence-corrected chi connectivity index (χ2v) is 5.79. The number of rotatable bonds is 1. The second kappa shape index (κ2) is 4.56. The Morgan fingerprint density at radius 2 is 2.22 bits per heavy atom. The first-order valence-electron chi connectivity index (χ1n) is 6.78. The SMILES string of the molecule is CC1(C)CCc2ccc(C3CNCCO3)cc2O1. The highest BCUT2D eigenvalue weighted by atomic mass is 16.5. The topological polar surface area (TPSA) is 30.5 Å². The Hall–Kier alpha value is -1.06. The number of morpholine rings is 1. The lowest BCUT2D eigenvalue weighted by Crippen LogP contribution is -2.34. The molecule has 0 radical (unpaired) electrons. The van der Waals surface area contributed by atoms with Crippen molar-refractivity contribution in [3.8, 4) is 5.75 Å². The van der Waals surface area contributed by atoms with Gasteiger partial charge in [0.15, 0.2) is 0 Å². The third-order valence-corrected chi connectivity index (χ3v) is 3.77. The molecular formula is C15H21NO2. The highest BCUT2D eigenvalue weighted by molar-refractivity contribution is 5.40. The van der Waals surface area contributed by atoms with E-state index in [9.17, 15) is 0 Å². The molecule has 1 unspecified atom stereocenters. The monoisotopic (exact) mass is 247 g/mol. The van der Waals surface area contributed by atoms with E-state index >= 15 is 0 Å². The van der Waals surface area contributed by atoms with Crippen LogP contribution in [0, 0.1) is 0 Å². The molecule has 1 aromatic carbocycles. The molecule has 0 amide bonds. The van der Waals surface area contributed by atoms with Crippen LogP contribution in [-0.2, 0) is 11.2 Å². The molecule has 3 heteroatoms. The Bertz CT molecular complexity index is 436. The zero-order valence-electron chi connectivity index (χ0n) is 11.2. The van der Waals surface area contributed by atoms with Gasteiger partial charge in [0.05, 0.1) is 12.7 Å². The molecule has 0 spiro atoms. The average Bonchev–Trinajstić information content (AvgIpc) is 2.38. The summed E-state index contributed by atoms with van der Waals surface area (Å²) in [5, 5.41) is 3.36. The zero-order chi connectivity index (χ0) is 12.6. The van der Waals surface area contributed by atoms with Crippen LogP contribution in [0.1, 0.15) is 37.5 Å². The number of benzene rings is 1. The normalized spacial score (nSPS) is 26.2. The molecule has 98 valence electrons. The Labute approximate surface area is 108 Å². The minimum atomic E-state index is -0.0443. The van der Waals surface area contributed by atoms with Crippen molar-refractivity contribution in [3.05, 3.63) is 29.3 Å². The van der Waals surface area contributed by atoms with Crippen LogP contribution < -0.4 is 10.1 Å². The van der Waals surface area contributed by atoms with Crippen LogP contribution in [0.25, 0.3) is 0 Å². The highest BCUT2D eigenvalue weighted by Crippen LogP contribution is 2.35.